The van der Waals surface area contributed by atoms with Crippen LogP contribution in [0.4, 0.5) is 23.2 Å². The molecule has 9 heteroatoms. The minimum absolute atomic E-state index is 0.142. The first-order valence-corrected chi connectivity index (χ1v) is 13.8. The first kappa shape index (κ1) is 33.0. The molecule has 0 aliphatic heterocycles. The van der Waals surface area contributed by atoms with E-state index in [-0.39, 0.29) is 31.1 Å². The summed E-state index contributed by atoms with van der Waals surface area (Å²) < 4.78 is 53.0. The van der Waals surface area contributed by atoms with Crippen LogP contribution >= 0.6 is 0 Å². The maximum absolute atomic E-state index is 13.9. The summed E-state index contributed by atoms with van der Waals surface area (Å²) in [7, 11) is 0. The van der Waals surface area contributed by atoms with Gasteiger partial charge in [0.05, 0.1) is 30.3 Å². The Bertz CT molecular complexity index is 1490. The molecule has 1 amide bonds. The second-order valence-electron chi connectivity index (χ2n) is 10.0. The zero-order chi connectivity index (χ0) is 31.6. The van der Waals surface area contributed by atoms with Crippen molar-refractivity contribution >= 4 is 23.1 Å². The molecule has 3 rings (SSSR count). The second-order valence-corrected chi connectivity index (χ2v) is 10.0. The summed E-state index contributed by atoms with van der Waals surface area (Å²) >= 11 is 0. The predicted molar refractivity (Wildman–Crippen MR) is 162 cm³/mol. The predicted octanol–water partition coefficient (Wildman–Crippen LogP) is 7.85. The number of benzene rings is 3. The number of para-hydroxylation sites is 1. The number of carbonyl (C=O) groups is 2. The lowest BCUT2D eigenvalue weighted by Crippen LogP contribution is -2.46. The van der Waals surface area contributed by atoms with Gasteiger partial charge in [-0.1, -0.05) is 48.6 Å². The van der Waals surface area contributed by atoms with Crippen molar-refractivity contribution in [1.82, 2.24) is 10.2 Å². The number of ketones is 1. The molecule has 0 saturated heterocycles. The summed E-state index contributed by atoms with van der Waals surface area (Å²) in [5.41, 5.74) is 2.50. The van der Waals surface area contributed by atoms with E-state index >= 15 is 0 Å². The molecule has 0 fully saturated rings. The molecule has 0 saturated carbocycles. The number of alkyl halides is 3. The van der Waals surface area contributed by atoms with Crippen molar-refractivity contribution in [2.24, 2.45) is 4.99 Å². The molecule has 1 atom stereocenters. The largest absolute Gasteiger partial charge is 0.416 e. The fraction of sp³-hybridized carbons (Fsp3) is 0.265. The minimum atomic E-state index is -4.48. The maximum atomic E-state index is 13.9. The monoisotopic (exact) mass is 593 g/mol. The van der Waals surface area contributed by atoms with E-state index in [4.69, 9.17) is 4.99 Å². The molecule has 226 valence electrons. The molecule has 1 N–H and O–H groups in total. The van der Waals surface area contributed by atoms with Crippen LogP contribution in [0.5, 0.6) is 0 Å². The number of nitrogens with zero attached hydrogens (tertiary/aromatic N) is 2. The second kappa shape index (κ2) is 15.1. The van der Waals surface area contributed by atoms with Crippen LogP contribution < -0.4 is 5.32 Å². The molecule has 0 bridgehead atoms. The van der Waals surface area contributed by atoms with Crippen LogP contribution in [0, 0.1) is 5.82 Å². The first-order valence-electron chi connectivity index (χ1n) is 13.8. The number of halogens is 4. The van der Waals surface area contributed by atoms with Crippen molar-refractivity contribution in [3.05, 3.63) is 125 Å². The lowest BCUT2D eigenvalue weighted by Gasteiger charge is -2.32. The number of amides is 1. The van der Waals surface area contributed by atoms with Crippen LogP contribution in [0.1, 0.15) is 54.7 Å². The first-order chi connectivity index (χ1) is 20.4. The van der Waals surface area contributed by atoms with E-state index in [2.05, 4.69) is 5.32 Å². The molecule has 0 heterocycles. The fourth-order valence-electron chi connectivity index (χ4n) is 4.42. The fourth-order valence-corrected chi connectivity index (χ4v) is 4.42. The topological polar surface area (TPSA) is 61.8 Å². The van der Waals surface area contributed by atoms with Crippen LogP contribution in [-0.2, 0) is 23.8 Å². The van der Waals surface area contributed by atoms with Crippen LogP contribution in [0.3, 0.4) is 0 Å². The highest BCUT2D eigenvalue weighted by atomic mass is 19.4. The average Bonchev–Trinajstić information content (AvgIpc) is 2.97. The van der Waals surface area contributed by atoms with E-state index in [1.807, 2.05) is 26.8 Å². The summed E-state index contributed by atoms with van der Waals surface area (Å²) in [5, 5.41) is 3.15. The van der Waals surface area contributed by atoms with Crippen LogP contribution in [-0.4, -0.2) is 34.9 Å². The number of Topliss-reactive ketones (excluding diaryl/α,β-unsaturated/α-hetero) is 1. The normalized spacial score (nSPS) is 13.2. The van der Waals surface area contributed by atoms with Gasteiger partial charge in [0.25, 0.3) is 0 Å². The maximum Gasteiger partial charge on any atom is 0.416 e. The summed E-state index contributed by atoms with van der Waals surface area (Å²) in [5.74, 6) is -0.894. The molecular formula is C34H35F4N3O2. The van der Waals surface area contributed by atoms with Gasteiger partial charge in [-0.25, -0.2) is 4.39 Å². The Kier molecular flexibility index (Phi) is 11.6. The van der Waals surface area contributed by atoms with Gasteiger partial charge in [0.2, 0.25) is 5.91 Å². The minimum Gasteiger partial charge on any atom is -0.364 e. The Labute approximate surface area is 249 Å². The van der Waals surface area contributed by atoms with Gasteiger partial charge in [-0.05, 0) is 81.4 Å². The Morgan fingerprint density at radius 1 is 0.930 bits per heavy atom. The van der Waals surface area contributed by atoms with Gasteiger partial charge in [0, 0.05) is 23.4 Å². The molecular weight excluding hydrogens is 558 g/mol. The molecule has 5 nitrogen and oxygen atoms in total. The number of nitrogens with one attached hydrogen (secondary N) is 1. The zero-order valence-electron chi connectivity index (χ0n) is 24.6. The zero-order valence-corrected chi connectivity index (χ0v) is 24.6. The van der Waals surface area contributed by atoms with Crippen molar-refractivity contribution in [2.45, 2.75) is 52.8 Å². The number of allylic oxidation sites excluding steroid dienone is 2. The van der Waals surface area contributed by atoms with Gasteiger partial charge in [-0.2, -0.15) is 13.2 Å². The van der Waals surface area contributed by atoms with Gasteiger partial charge in [0.1, 0.15) is 5.82 Å². The van der Waals surface area contributed by atoms with Gasteiger partial charge >= 0.3 is 6.18 Å². The van der Waals surface area contributed by atoms with E-state index in [0.717, 1.165) is 23.4 Å². The smallest absolute Gasteiger partial charge is 0.364 e. The van der Waals surface area contributed by atoms with Crippen molar-refractivity contribution in [3.63, 3.8) is 0 Å². The third kappa shape index (κ3) is 9.49. The van der Waals surface area contributed by atoms with Crippen molar-refractivity contribution in [1.29, 1.82) is 0 Å². The van der Waals surface area contributed by atoms with Crippen molar-refractivity contribution < 1.29 is 27.2 Å². The summed E-state index contributed by atoms with van der Waals surface area (Å²) in [4.78, 5) is 32.7. The molecule has 0 aliphatic rings. The molecule has 3 aromatic carbocycles. The van der Waals surface area contributed by atoms with E-state index < -0.39 is 23.6 Å². The Hall–Kier alpha value is -4.53. The highest BCUT2D eigenvalue weighted by Crippen LogP contribution is 2.29. The molecule has 0 radical (unpaired) electrons. The van der Waals surface area contributed by atoms with E-state index in [9.17, 15) is 27.2 Å². The number of hydrogen-bond donors (Lipinski definition) is 1. The van der Waals surface area contributed by atoms with Crippen LogP contribution in [0.2, 0.25) is 0 Å². The van der Waals surface area contributed by atoms with Gasteiger partial charge in [-0.15, -0.1) is 0 Å². The Morgan fingerprint density at radius 3 is 2.12 bits per heavy atom. The summed E-state index contributed by atoms with van der Waals surface area (Å²) in [6, 6.07) is 16.7. The van der Waals surface area contributed by atoms with Gasteiger partial charge in [-0.3, -0.25) is 14.6 Å². The Balaban J connectivity index is 2.07. The molecule has 43 heavy (non-hydrogen) atoms. The quantitative estimate of drug-likeness (QED) is 0.132. The van der Waals surface area contributed by atoms with E-state index in [1.54, 1.807) is 53.6 Å². The molecule has 1 unspecified atom stereocenters. The van der Waals surface area contributed by atoms with Gasteiger partial charge < -0.3 is 10.2 Å². The summed E-state index contributed by atoms with van der Waals surface area (Å²) in [6.45, 7) is 7.08. The third-order valence-electron chi connectivity index (χ3n) is 6.88. The number of hydrogen-bond acceptors (Lipinski definition) is 4. The molecule has 3 aromatic rings. The Morgan fingerprint density at radius 2 is 1.53 bits per heavy atom. The highest BCUT2D eigenvalue weighted by Gasteiger charge is 2.30. The number of rotatable bonds is 12. The third-order valence-corrected chi connectivity index (χ3v) is 6.88. The van der Waals surface area contributed by atoms with Crippen LogP contribution in [0.15, 0.2) is 102 Å². The molecule has 0 aliphatic carbocycles. The molecule has 0 aromatic heterocycles. The van der Waals surface area contributed by atoms with E-state index in [1.165, 1.54) is 31.2 Å². The average molecular weight is 594 g/mol. The van der Waals surface area contributed by atoms with E-state index in [0.29, 0.717) is 22.5 Å². The SMILES string of the molecule is C/C=C\N/C(=C\C)CN(C(=O)Cc1ccc(C(F)(F)F)cc1)C(C)C(Cc1ccc(F)cc1)=Nc1ccccc1C(C)=O. The lowest BCUT2D eigenvalue weighted by atomic mass is 10.00. The van der Waals surface area contributed by atoms with Gasteiger partial charge in [0.15, 0.2) is 5.78 Å². The lowest BCUT2D eigenvalue weighted by molar-refractivity contribution is -0.137. The molecule has 0 spiro atoms. The van der Waals surface area contributed by atoms with Crippen LogP contribution in [0.25, 0.3) is 0 Å². The standard InChI is InChI=1S/C34H35F4N3O2/c1-5-19-39-29(6-2)22-41(33(43)21-26-11-15-27(16-12-26)34(36,37)38)23(3)32(20-25-13-17-28(35)18-14-25)40-31-10-8-7-9-30(31)24(4)42/h5-19,23,39H,20-22H2,1-4H3/b19-5-,29-6-,40-32?. The number of carbonyl (C=O) groups excluding carboxylic acids is 2. The summed E-state index contributed by atoms with van der Waals surface area (Å²) in [6.07, 6.45) is 0.996. The van der Waals surface area contributed by atoms with Crippen molar-refractivity contribution in [2.75, 3.05) is 6.54 Å². The van der Waals surface area contributed by atoms with Crippen molar-refractivity contribution in [3.8, 4) is 0 Å². The highest BCUT2D eigenvalue weighted by molar-refractivity contribution is 6.02. The number of aliphatic imine (C=N–C) groups is 1.